The van der Waals surface area contributed by atoms with Gasteiger partial charge in [-0.2, -0.15) is 0 Å². The Balaban J connectivity index is 2.08. The number of carbonyl (C=O) groups excluding carboxylic acids is 1. The van der Waals surface area contributed by atoms with Crippen LogP contribution in [0.4, 0.5) is 0 Å². The second-order valence-electron chi connectivity index (χ2n) is 6.66. The Hall–Kier alpha value is -0.790. The first kappa shape index (κ1) is 10.4. The number of hydrogen-bond acceptors (Lipinski definition) is 2. The SMILES string of the molecule is C=C1C[C@@]2(C[C@H]3CC[C@@]2(C)C3(C)C)OC1=O. The monoisotopic (exact) mass is 220 g/mol. The molecule has 16 heavy (non-hydrogen) atoms. The average molecular weight is 220 g/mol. The topological polar surface area (TPSA) is 26.3 Å². The molecule has 0 aromatic heterocycles. The van der Waals surface area contributed by atoms with Crippen LogP contribution in [0.25, 0.3) is 0 Å². The zero-order chi connectivity index (χ0) is 11.8. The van der Waals surface area contributed by atoms with Gasteiger partial charge in [0.25, 0.3) is 0 Å². The molecule has 0 amide bonds. The van der Waals surface area contributed by atoms with Crippen molar-refractivity contribution in [1.82, 2.24) is 0 Å². The summed E-state index contributed by atoms with van der Waals surface area (Å²) in [5.41, 5.74) is 0.871. The summed E-state index contributed by atoms with van der Waals surface area (Å²) in [5.74, 6) is 0.542. The quantitative estimate of drug-likeness (QED) is 0.463. The van der Waals surface area contributed by atoms with Crippen molar-refractivity contribution in [1.29, 1.82) is 0 Å². The smallest absolute Gasteiger partial charge is 0.334 e. The summed E-state index contributed by atoms with van der Waals surface area (Å²) in [6.07, 6.45) is 4.27. The zero-order valence-electron chi connectivity index (χ0n) is 10.4. The normalized spacial score (nSPS) is 49.1. The summed E-state index contributed by atoms with van der Waals surface area (Å²) in [4.78, 5) is 11.6. The van der Waals surface area contributed by atoms with E-state index in [1.165, 1.54) is 12.8 Å². The largest absolute Gasteiger partial charge is 0.455 e. The van der Waals surface area contributed by atoms with Gasteiger partial charge in [0.2, 0.25) is 0 Å². The molecule has 0 unspecified atom stereocenters. The van der Waals surface area contributed by atoms with Crippen molar-refractivity contribution in [3.05, 3.63) is 12.2 Å². The lowest BCUT2D eigenvalue weighted by molar-refractivity contribution is -0.161. The van der Waals surface area contributed by atoms with Crippen LogP contribution in [0.5, 0.6) is 0 Å². The Bertz CT molecular complexity index is 378. The molecule has 3 aliphatic rings. The highest BCUT2D eigenvalue weighted by Crippen LogP contribution is 2.73. The summed E-state index contributed by atoms with van der Waals surface area (Å²) in [5, 5.41) is 0. The second-order valence-corrected chi connectivity index (χ2v) is 6.66. The lowest BCUT2D eigenvalue weighted by Crippen LogP contribution is -2.46. The molecule has 3 fully saturated rings. The Morgan fingerprint density at radius 1 is 1.38 bits per heavy atom. The lowest BCUT2D eigenvalue weighted by Gasteiger charge is -2.44. The molecule has 88 valence electrons. The maximum atomic E-state index is 11.6. The number of esters is 1. The minimum absolute atomic E-state index is 0.139. The van der Waals surface area contributed by atoms with Crippen LogP contribution < -0.4 is 0 Å². The lowest BCUT2D eigenvalue weighted by atomic mass is 9.63. The van der Waals surface area contributed by atoms with Crippen LogP contribution in [0.2, 0.25) is 0 Å². The molecule has 3 rings (SSSR count). The number of ether oxygens (including phenoxy) is 1. The molecule has 2 bridgehead atoms. The third kappa shape index (κ3) is 0.847. The Kier molecular flexibility index (Phi) is 1.65. The summed E-state index contributed by atoms with van der Waals surface area (Å²) < 4.78 is 5.76. The third-order valence-electron chi connectivity index (χ3n) is 6.09. The molecule has 1 spiro atoms. The van der Waals surface area contributed by atoms with Crippen molar-refractivity contribution in [3.63, 3.8) is 0 Å². The van der Waals surface area contributed by atoms with Gasteiger partial charge < -0.3 is 4.74 Å². The van der Waals surface area contributed by atoms with Crippen molar-refractivity contribution in [2.24, 2.45) is 16.7 Å². The highest BCUT2D eigenvalue weighted by molar-refractivity contribution is 5.90. The molecule has 0 aromatic rings. The molecule has 2 saturated carbocycles. The van der Waals surface area contributed by atoms with Gasteiger partial charge in [-0.25, -0.2) is 4.79 Å². The van der Waals surface area contributed by atoms with E-state index in [1.807, 2.05) is 0 Å². The van der Waals surface area contributed by atoms with E-state index in [-0.39, 0.29) is 22.4 Å². The Labute approximate surface area is 97.1 Å². The van der Waals surface area contributed by atoms with E-state index in [4.69, 9.17) is 4.74 Å². The van der Waals surface area contributed by atoms with Crippen molar-refractivity contribution < 1.29 is 9.53 Å². The molecule has 1 heterocycles. The fourth-order valence-corrected chi connectivity index (χ4v) is 4.52. The van der Waals surface area contributed by atoms with Crippen LogP contribution in [0.3, 0.4) is 0 Å². The van der Waals surface area contributed by atoms with Crippen LogP contribution in [-0.2, 0) is 9.53 Å². The van der Waals surface area contributed by atoms with E-state index in [0.29, 0.717) is 11.5 Å². The predicted octanol–water partition coefficient (Wildman–Crippen LogP) is 3.07. The van der Waals surface area contributed by atoms with Crippen LogP contribution in [0, 0.1) is 16.7 Å². The van der Waals surface area contributed by atoms with Gasteiger partial charge in [-0.3, -0.25) is 0 Å². The van der Waals surface area contributed by atoms with Gasteiger partial charge in [0.05, 0.1) is 0 Å². The van der Waals surface area contributed by atoms with Crippen molar-refractivity contribution in [3.8, 4) is 0 Å². The Morgan fingerprint density at radius 3 is 2.44 bits per heavy atom. The van der Waals surface area contributed by atoms with Crippen LogP contribution in [-0.4, -0.2) is 11.6 Å². The third-order valence-corrected chi connectivity index (χ3v) is 6.09. The minimum atomic E-state index is -0.229. The van der Waals surface area contributed by atoms with E-state index in [1.54, 1.807) is 0 Å². The van der Waals surface area contributed by atoms with E-state index < -0.39 is 0 Å². The zero-order valence-corrected chi connectivity index (χ0v) is 10.4. The van der Waals surface area contributed by atoms with Crippen LogP contribution in [0.15, 0.2) is 12.2 Å². The van der Waals surface area contributed by atoms with E-state index in [0.717, 1.165) is 12.8 Å². The summed E-state index contributed by atoms with van der Waals surface area (Å²) in [7, 11) is 0. The van der Waals surface area contributed by atoms with Crippen molar-refractivity contribution in [2.45, 2.75) is 52.1 Å². The summed E-state index contributed by atoms with van der Waals surface area (Å²) >= 11 is 0. The van der Waals surface area contributed by atoms with Crippen LogP contribution >= 0.6 is 0 Å². The fourth-order valence-electron chi connectivity index (χ4n) is 4.52. The second kappa shape index (κ2) is 2.55. The number of rotatable bonds is 0. The number of hydrogen-bond donors (Lipinski definition) is 0. The highest BCUT2D eigenvalue weighted by Gasteiger charge is 2.72. The van der Waals surface area contributed by atoms with Gasteiger partial charge in [-0.05, 0) is 30.6 Å². The predicted molar refractivity (Wildman–Crippen MR) is 61.8 cm³/mol. The molecular weight excluding hydrogens is 200 g/mol. The molecule has 0 aromatic carbocycles. The van der Waals surface area contributed by atoms with E-state index in [9.17, 15) is 4.79 Å². The molecule has 2 aliphatic carbocycles. The van der Waals surface area contributed by atoms with Crippen molar-refractivity contribution >= 4 is 5.97 Å². The van der Waals surface area contributed by atoms with Gasteiger partial charge in [-0.15, -0.1) is 0 Å². The summed E-state index contributed by atoms with van der Waals surface area (Å²) in [6.45, 7) is 10.8. The average Bonchev–Trinajstić information content (AvgIpc) is 2.63. The van der Waals surface area contributed by atoms with Gasteiger partial charge in [0.1, 0.15) is 5.60 Å². The Morgan fingerprint density at radius 2 is 2.06 bits per heavy atom. The van der Waals surface area contributed by atoms with E-state index >= 15 is 0 Å². The molecule has 0 N–H and O–H groups in total. The first-order valence-corrected chi connectivity index (χ1v) is 6.24. The molecular formula is C14H20O2. The minimum Gasteiger partial charge on any atom is -0.455 e. The fraction of sp³-hybridized carbons (Fsp3) is 0.786. The molecule has 1 aliphatic heterocycles. The molecule has 2 heteroatoms. The molecule has 2 nitrogen and oxygen atoms in total. The van der Waals surface area contributed by atoms with Gasteiger partial charge in [0, 0.05) is 17.4 Å². The first-order chi connectivity index (χ1) is 7.32. The van der Waals surface area contributed by atoms with E-state index in [2.05, 4.69) is 27.4 Å². The highest BCUT2D eigenvalue weighted by atomic mass is 16.6. The number of fused-ring (bicyclic) bond motifs is 3. The van der Waals surface area contributed by atoms with Crippen LogP contribution in [0.1, 0.15) is 46.5 Å². The molecule has 3 atom stereocenters. The first-order valence-electron chi connectivity index (χ1n) is 6.24. The van der Waals surface area contributed by atoms with Crippen molar-refractivity contribution in [2.75, 3.05) is 0 Å². The van der Waals surface area contributed by atoms with Gasteiger partial charge in [-0.1, -0.05) is 27.4 Å². The standard InChI is InChI=1S/C14H20O2/c1-9-7-14(16-11(9)15)8-10-5-6-13(14,4)12(10,2)3/h10H,1,5-8H2,2-4H3/t10-,13+,14+/m1/s1. The van der Waals surface area contributed by atoms with Gasteiger partial charge in [0.15, 0.2) is 0 Å². The maximum absolute atomic E-state index is 11.6. The molecule has 1 saturated heterocycles. The maximum Gasteiger partial charge on any atom is 0.334 e. The number of carbonyl (C=O) groups is 1. The summed E-state index contributed by atoms with van der Waals surface area (Å²) in [6, 6.07) is 0. The molecule has 0 radical (unpaired) electrons. The van der Waals surface area contributed by atoms with Gasteiger partial charge >= 0.3 is 5.97 Å².